The van der Waals surface area contributed by atoms with Gasteiger partial charge in [-0.25, -0.2) is 9.78 Å². The number of likely N-dealkylation sites (tertiary alicyclic amines) is 1. The Bertz CT molecular complexity index is 503. The zero-order valence-electron chi connectivity index (χ0n) is 11.6. The molecule has 1 fully saturated rings. The van der Waals surface area contributed by atoms with Gasteiger partial charge >= 0.3 is 12.0 Å². The first-order chi connectivity index (χ1) is 9.47. The van der Waals surface area contributed by atoms with Gasteiger partial charge in [0, 0.05) is 37.1 Å². The van der Waals surface area contributed by atoms with Crippen LogP contribution in [0.1, 0.15) is 17.6 Å². The van der Waals surface area contributed by atoms with Crippen LogP contribution in [0.25, 0.3) is 0 Å². The maximum Gasteiger partial charge on any atom is 0.317 e. The van der Waals surface area contributed by atoms with Crippen LogP contribution in [0.2, 0.25) is 0 Å². The first kappa shape index (κ1) is 14.8. The van der Waals surface area contributed by atoms with E-state index in [4.69, 9.17) is 5.11 Å². The van der Waals surface area contributed by atoms with Crippen molar-refractivity contribution in [3.8, 4) is 0 Å². The molecule has 1 aromatic rings. The van der Waals surface area contributed by atoms with Crippen LogP contribution < -0.4 is 5.32 Å². The van der Waals surface area contributed by atoms with Gasteiger partial charge in [-0.05, 0) is 12.8 Å². The molecule has 0 saturated carbocycles. The van der Waals surface area contributed by atoms with Crippen molar-refractivity contribution in [2.45, 2.75) is 20.3 Å². The molecule has 2 rings (SSSR count). The van der Waals surface area contributed by atoms with E-state index in [2.05, 4.69) is 10.3 Å². The first-order valence-corrected chi connectivity index (χ1v) is 7.52. The number of thiazole rings is 1. The Morgan fingerprint density at radius 3 is 2.85 bits per heavy atom. The van der Waals surface area contributed by atoms with Crippen molar-refractivity contribution in [3.63, 3.8) is 0 Å². The molecule has 2 amide bonds. The highest BCUT2D eigenvalue weighted by Crippen LogP contribution is 2.22. The van der Waals surface area contributed by atoms with Crippen LogP contribution >= 0.6 is 11.3 Å². The highest BCUT2D eigenvalue weighted by Gasteiger charge is 2.36. The van der Waals surface area contributed by atoms with Gasteiger partial charge in [-0.15, -0.1) is 11.3 Å². The fourth-order valence-corrected chi connectivity index (χ4v) is 3.14. The SMILES string of the molecule is Cc1csc(CCNC(=O)N2C[C@@H](C)[C@H](C(=O)O)C2)n1. The number of urea groups is 1. The topological polar surface area (TPSA) is 82.5 Å². The molecule has 0 unspecified atom stereocenters. The molecular formula is C13H19N3O3S. The molecule has 0 bridgehead atoms. The number of hydrogen-bond acceptors (Lipinski definition) is 4. The zero-order chi connectivity index (χ0) is 14.7. The minimum Gasteiger partial charge on any atom is -0.481 e. The number of rotatable bonds is 4. The second kappa shape index (κ2) is 6.21. The molecular weight excluding hydrogens is 278 g/mol. The predicted molar refractivity (Wildman–Crippen MR) is 75.8 cm³/mol. The monoisotopic (exact) mass is 297 g/mol. The molecule has 1 aliphatic rings. The first-order valence-electron chi connectivity index (χ1n) is 6.64. The number of aliphatic carboxylic acids is 1. The molecule has 0 aromatic carbocycles. The maximum atomic E-state index is 12.0. The van der Waals surface area contributed by atoms with Crippen LogP contribution in [-0.4, -0.2) is 46.6 Å². The molecule has 6 nitrogen and oxygen atoms in total. The number of aryl methyl sites for hydroxylation is 1. The molecule has 0 spiro atoms. The number of nitrogens with one attached hydrogen (secondary N) is 1. The summed E-state index contributed by atoms with van der Waals surface area (Å²) in [5.41, 5.74) is 0.994. The van der Waals surface area contributed by atoms with Gasteiger partial charge in [0.25, 0.3) is 0 Å². The van der Waals surface area contributed by atoms with Gasteiger partial charge in [0.1, 0.15) is 0 Å². The van der Waals surface area contributed by atoms with Crippen LogP contribution in [0.5, 0.6) is 0 Å². The summed E-state index contributed by atoms with van der Waals surface area (Å²) in [6, 6.07) is -0.186. The van der Waals surface area contributed by atoms with Crippen molar-refractivity contribution in [2.24, 2.45) is 11.8 Å². The Morgan fingerprint density at radius 1 is 1.55 bits per heavy atom. The van der Waals surface area contributed by atoms with E-state index in [0.29, 0.717) is 26.1 Å². The Kier molecular flexibility index (Phi) is 4.59. The van der Waals surface area contributed by atoms with Crippen molar-refractivity contribution in [1.29, 1.82) is 0 Å². The largest absolute Gasteiger partial charge is 0.481 e. The normalized spacial score (nSPS) is 22.0. The standard InChI is InChI=1S/C13H19N3O3S/c1-8-5-16(6-10(8)12(17)18)13(19)14-4-3-11-15-9(2)7-20-11/h7-8,10H,3-6H2,1-2H3,(H,14,19)(H,17,18)/t8-,10-/m1/s1. The number of hydrogen-bond donors (Lipinski definition) is 2. The maximum absolute atomic E-state index is 12.0. The van der Waals surface area contributed by atoms with Gasteiger partial charge in [-0.2, -0.15) is 0 Å². The summed E-state index contributed by atoms with van der Waals surface area (Å²) >= 11 is 1.58. The third-order valence-corrected chi connectivity index (χ3v) is 4.52. The molecule has 0 aliphatic carbocycles. The third kappa shape index (κ3) is 3.47. The average Bonchev–Trinajstić information content (AvgIpc) is 2.95. The Balaban J connectivity index is 1.77. The van der Waals surface area contributed by atoms with Crippen LogP contribution in [-0.2, 0) is 11.2 Å². The average molecular weight is 297 g/mol. The molecule has 20 heavy (non-hydrogen) atoms. The van der Waals surface area contributed by atoms with E-state index in [0.717, 1.165) is 10.7 Å². The van der Waals surface area contributed by atoms with E-state index in [1.54, 1.807) is 16.2 Å². The number of carbonyl (C=O) groups excluding carboxylic acids is 1. The van der Waals surface area contributed by atoms with E-state index >= 15 is 0 Å². The van der Waals surface area contributed by atoms with Crippen LogP contribution in [0.3, 0.4) is 0 Å². The van der Waals surface area contributed by atoms with E-state index < -0.39 is 11.9 Å². The van der Waals surface area contributed by atoms with Crippen LogP contribution in [0.4, 0.5) is 4.79 Å². The lowest BCUT2D eigenvalue weighted by molar-refractivity contribution is -0.142. The number of nitrogens with zero attached hydrogens (tertiary/aromatic N) is 2. The van der Waals surface area contributed by atoms with Crippen molar-refractivity contribution in [3.05, 3.63) is 16.1 Å². The van der Waals surface area contributed by atoms with Gasteiger partial charge in [0.05, 0.1) is 10.9 Å². The zero-order valence-corrected chi connectivity index (χ0v) is 12.4. The van der Waals surface area contributed by atoms with Crippen molar-refractivity contribution in [1.82, 2.24) is 15.2 Å². The summed E-state index contributed by atoms with van der Waals surface area (Å²) in [6.45, 7) is 5.12. The Morgan fingerprint density at radius 2 is 2.30 bits per heavy atom. The number of carboxylic acids is 1. The highest BCUT2D eigenvalue weighted by atomic mass is 32.1. The van der Waals surface area contributed by atoms with Crippen molar-refractivity contribution in [2.75, 3.05) is 19.6 Å². The molecule has 2 atom stereocenters. The molecule has 0 radical (unpaired) electrons. The van der Waals surface area contributed by atoms with Crippen molar-refractivity contribution < 1.29 is 14.7 Å². The van der Waals surface area contributed by atoms with Gasteiger partial charge in [0.15, 0.2) is 0 Å². The second-order valence-corrected chi connectivity index (χ2v) is 6.13. The number of carbonyl (C=O) groups is 2. The Hall–Kier alpha value is -1.63. The lowest BCUT2D eigenvalue weighted by Crippen LogP contribution is -2.39. The molecule has 1 saturated heterocycles. The lowest BCUT2D eigenvalue weighted by atomic mass is 9.99. The summed E-state index contributed by atoms with van der Waals surface area (Å²) in [6.07, 6.45) is 0.704. The predicted octanol–water partition coefficient (Wildman–Crippen LogP) is 1.36. The van der Waals surface area contributed by atoms with Gasteiger partial charge in [0.2, 0.25) is 0 Å². The van der Waals surface area contributed by atoms with Gasteiger partial charge in [-0.3, -0.25) is 4.79 Å². The number of aromatic nitrogens is 1. The van der Waals surface area contributed by atoms with E-state index in [1.807, 2.05) is 19.2 Å². The minimum atomic E-state index is -0.828. The van der Waals surface area contributed by atoms with Gasteiger partial charge < -0.3 is 15.3 Å². The third-order valence-electron chi connectivity index (χ3n) is 3.50. The van der Waals surface area contributed by atoms with Crippen LogP contribution in [0.15, 0.2) is 5.38 Å². The minimum absolute atomic E-state index is 0.000128. The molecule has 2 N–H and O–H groups in total. The highest BCUT2D eigenvalue weighted by molar-refractivity contribution is 7.09. The summed E-state index contributed by atoms with van der Waals surface area (Å²) in [5, 5.41) is 14.9. The van der Waals surface area contributed by atoms with Gasteiger partial charge in [-0.1, -0.05) is 6.92 Å². The number of carboxylic acid groups (broad SMARTS) is 1. The van der Waals surface area contributed by atoms with E-state index in [-0.39, 0.29) is 11.9 Å². The molecule has 1 aromatic heterocycles. The lowest BCUT2D eigenvalue weighted by Gasteiger charge is -2.16. The number of amides is 2. The Labute approximate surface area is 121 Å². The van der Waals surface area contributed by atoms with Crippen LogP contribution in [0, 0.1) is 18.8 Å². The fourth-order valence-electron chi connectivity index (χ4n) is 2.36. The quantitative estimate of drug-likeness (QED) is 0.879. The summed E-state index contributed by atoms with van der Waals surface area (Å²) in [7, 11) is 0. The molecule has 2 heterocycles. The molecule has 7 heteroatoms. The smallest absolute Gasteiger partial charge is 0.317 e. The second-order valence-electron chi connectivity index (χ2n) is 5.19. The van der Waals surface area contributed by atoms with Crippen molar-refractivity contribution >= 4 is 23.3 Å². The van der Waals surface area contributed by atoms with E-state index in [1.165, 1.54) is 0 Å². The summed E-state index contributed by atoms with van der Waals surface area (Å²) in [4.78, 5) is 28.9. The summed E-state index contributed by atoms with van der Waals surface area (Å²) < 4.78 is 0. The molecule has 1 aliphatic heterocycles. The van der Waals surface area contributed by atoms with E-state index in [9.17, 15) is 9.59 Å². The fraction of sp³-hybridized carbons (Fsp3) is 0.615. The summed E-state index contributed by atoms with van der Waals surface area (Å²) in [5.74, 6) is -1.28. The molecule has 110 valence electrons.